The van der Waals surface area contributed by atoms with Gasteiger partial charge in [0.15, 0.2) is 6.10 Å². The van der Waals surface area contributed by atoms with E-state index in [4.69, 9.17) is 14.2 Å². The molecule has 0 aliphatic rings. The molecule has 0 aromatic heterocycles. The number of carbonyl (C=O) groups excluding carboxylic acids is 2. The smallest absolute Gasteiger partial charge is 0.340 e. The molecule has 0 saturated carbocycles. The van der Waals surface area contributed by atoms with Gasteiger partial charge in [-0.15, -0.1) is 0 Å². The number of rotatable bonds is 9. The molecule has 3 atom stereocenters. The fourth-order valence-corrected chi connectivity index (χ4v) is 3.20. The lowest BCUT2D eigenvalue weighted by Crippen LogP contribution is -2.31. The van der Waals surface area contributed by atoms with E-state index in [9.17, 15) is 9.59 Å². The zero-order valence-electron chi connectivity index (χ0n) is 16.4. The minimum atomic E-state index is -0.844. The second-order valence-corrected chi connectivity index (χ2v) is 6.74. The van der Waals surface area contributed by atoms with Gasteiger partial charge in [-0.1, -0.05) is 56.7 Å². The summed E-state index contributed by atoms with van der Waals surface area (Å²) in [6, 6.07) is 13.7. The topological polar surface area (TPSA) is 61.8 Å². The zero-order chi connectivity index (χ0) is 19.8. The number of hydrogen-bond donors (Lipinski definition) is 0. The van der Waals surface area contributed by atoms with E-state index in [0.29, 0.717) is 0 Å². The van der Waals surface area contributed by atoms with Gasteiger partial charge in [0.1, 0.15) is 6.10 Å². The van der Waals surface area contributed by atoms with Crippen LogP contribution in [-0.2, 0) is 23.8 Å². The van der Waals surface area contributed by atoms with Crippen LogP contribution in [0, 0.1) is 5.92 Å². The second-order valence-electron chi connectivity index (χ2n) is 6.74. The molecule has 27 heavy (non-hydrogen) atoms. The van der Waals surface area contributed by atoms with E-state index in [-0.39, 0.29) is 12.3 Å². The molecular weight excluding hydrogens is 344 g/mol. The van der Waals surface area contributed by atoms with Crippen LogP contribution in [0.3, 0.4) is 0 Å². The molecule has 0 saturated heterocycles. The molecule has 0 spiro atoms. The van der Waals surface area contributed by atoms with E-state index in [1.54, 1.807) is 0 Å². The maximum Gasteiger partial charge on any atom is 0.340 e. The Balaban J connectivity index is 2.20. The summed E-state index contributed by atoms with van der Waals surface area (Å²) in [6.45, 7) is 4.03. The van der Waals surface area contributed by atoms with Gasteiger partial charge in [0.2, 0.25) is 0 Å². The Morgan fingerprint density at radius 3 is 2.37 bits per heavy atom. The molecule has 0 amide bonds. The number of ether oxygens (including phenoxy) is 3. The van der Waals surface area contributed by atoms with Gasteiger partial charge in [0, 0.05) is 7.11 Å². The highest BCUT2D eigenvalue weighted by atomic mass is 16.6. The number of hydrogen-bond acceptors (Lipinski definition) is 5. The van der Waals surface area contributed by atoms with Gasteiger partial charge in [-0.05, 0) is 34.7 Å². The Morgan fingerprint density at radius 2 is 1.74 bits per heavy atom. The molecule has 0 bridgehead atoms. The lowest BCUT2D eigenvalue weighted by Gasteiger charge is -2.25. The Hall–Kier alpha value is -2.40. The Morgan fingerprint density at radius 1 is 1.04 bits per heavy atom. The monoisotopic (exact) mass is 372 g/mol. The third-order valence-corrected chi connectivity index (χ3v) is 4.77. The van der Waals surface area contributed by atoms with Gasteiger partial charge in [-0.25, -0.2) is 4.79 Å². The van der Waals surface area contributed by atoms with Crippen molar-refractivity contribution in [3.05, 3.63) is 48.0 Å². The van der Waals surface area contributed by atoms with Crippen LogP contribution in [0.5, 0.6) is 0 Å². The fourth-order valence-electron chi connectivity index (χ4n) is 3.20. The molecule has 0 heterocycles. The molecule has 0 N–H and O–H groups in total. The van der Waals surface area contributed by atoms with Gasteiger partial charge < -0.3 is 14.2 Å². The van der Waals surface area contributed by atoms with Crippen molar-refractivity contribution in [2.24, 2.45) is 5.92 Å². The predicted octanol–water partition coefficient (Wildman–Crippen LogP) is 4.44. The summed E-state index contributed by atoms with van der Waals surface area (Å²) < 4.78 is 15.9. The average Bonchev–Trinajstić information content (AvgIpc) is 2.68. The van der Waals surface area contributed by atoms with Gasteiger partial charge in [-0.3, -0.25) is 4.79 Å². The average molecular weight is 372 g/mol. The largest absolute Gasteiger partial charge is 0.469 e. The molecule has 0 fully saturated rings. The van der Waals surface area contributed by atoms with Gasteiger partial charge in [0.25, 0.3) is 0 Å². The lowest BCUT2D eigenvalue weighted by molar-refractivity contribution is -0.167. The summed E-state index contributed by atoms with van der Waals surface area (Å²) in [6.07, 6.45) is 0.445. The predicted molar refractivity (Wildman–Crippen MR) is 104 cm³/mol. The minimum Gasteiger partial charge on any atom is -0.469 e. The van der Waals surface area contributed by atoms with Crippen LogP contribution in [0.2, 0.25) is 0 Å². The van der Waals surface area contributed by atoms with E-state index in [2.05, 4.69) is 6.92 Å². The molecule has 1 unspecified atom stereocenters. The molecule has 5 nitrogen and oxygen atoms in total. The van der Waals surface area contributed by atoms with Crippen molar-refractivity contribution in [3.8, 4) is 0 Å². The number of carbonyl (C=O) groups is 2. The highest BCUT2D eigenvalue weighted by Crippen LogP contribution is 2.26. The zero-order valence-corrected chi connectivity index (χ0v) is 16.4. The first kappa shape index (κ1) is 20.9. The SMILES string of the molecule is CCC[C@@H](C)[C@H](CC(=O)OC)OC(=O)C(OC)c1ccc2ccccc2c1. The van der Waals surface area contributed by atoms with Gasteiger partial charge in [-0.2, -0.15) is 0 Å². The highest BCUT2D eigenvalue weighted by Gasteiger charge is 2.29. The van der Waals surface area contributed by atoms with Crippen molar-refractivity contribution in [1.29, 1.82) is 0 Å². The van der Waals surface area contributed by atoms with Crippen LogP contribution in [0.4, 0.5) is 0 Å². The van der Waals surface area contributed by atoms with Crippen molar-refractivity contribution in [2.75, 3.05) is 14.2 Å². The van der Waals surface area contributed by atoms with Crippen LogP contribution in [0.1, 0.15) is 44.8 Å². The third-order valence-electron chi connectivity index (χ3n) is 4.77. The van der Waals surface area contributed by atoms with Crippen molar-refractivity contribution < 1.29 is 23.8 Å². The molecule has 2 aromatic rings. The Labute approximate surface area is 160 Å². The number of benzene rings is 2. The number of methoxy groups -OCH3 is 2. The van der Waals surface area contributed by atoms with Crippen molar-refractivity contribution >= 4 is 22.7 Å². The van der Waals surface area contributed by atoms with Gasteiger partial charge >= 0.3 is 11.9 Å². The summed E-state index contributed by atoms with van der Waals surface area (Å²) in [7, 11) is 2.81. The maximum atomic E-state index is 12.8. The van der Waals surface area contributed by atoms with Crippen LogP contribution < -0.4 is 0 Å². The molecule has 5 heteroatoms. The summed E-state index contributed by atoms with van der Waals surface area (Å²) in [5.74, 6) is -0.841. The first-order valence-electron chi connectivity index (χ1n) is 9.28. The summed E-state index contributed by atoms with van der Waals surface area (Å²) in [5.41, 5.74) is 0.723. The van der Waals surface area contributed by atoms with Crippen molar-refractivity contribution in [3.63, 3.8) is 0 Å². The molecule has 0 aliphatic carbocycles. The molecule has 0 aliphatic heterocycles. The Kier molecular flexibility index (Phi) is 7.80. The Bertz CT molecular complexity index is 770. The normalized spacial score (nSPS) is 14.4. The quantitative estimate of drug-likeness (QED) is 0.609. The minimum absolute atomic E-state index is 0.0392. The van der Waals surface area contributed by atoms with Crippen molar-refractivity contribution in [2.45, 2.75) is 45.3 Å². The van der Waals surface area contributed by atoms with E-state index < -0.39 is 24.1 Å². The molecule has 0 radical (unpaired) electrons. The van der Waals surface area contributed by atoms with E-state index in [1.807, 2.05) is 49.4 Å². The van der Waals surface area contributed by atoms with Crippen molar-refractivity contribution in [1.82, 2.24) is 0 Å². The lowest BCUT2D eigenvalue weighted by atomic mass is 9.96. The van der Waals surface area contributed by atoms with Gasteiger partial charge in [0.05, 0.1) is 13.5 Å². The molecule has 2 rings (SSSR count). The standard InChI is InChI=1S/C22H28O5/c1-5-8-15(2)19(14-20(23)25-3)27-22(24)21(26-4)18-12-11-16-9-6-7-10-17(16)13-18/h6-7,9-13,15,19,21H,5,8,14H2,1-4H3/t15-,19+,21?/m1/s1. The summed E-state index contributed by atoms with van der Waals surface area (Å²) >= 11 is 0. The van der Waals surface area contributed by atoms with Crippen LogP contribution >= 0.6 is 0 Å². The van der Waals surface area contributed by atoms with Crippen LogP contribution in [-0.4, -0.2) is 32.3 Å². The first-order chi connectivity index (χ1) is 13.0. The number of esters is 2. The van der Waals surface area contributed by atoms with Crippen LogP contribution in [0.25, 0.3) is 10.8 Å². The molecular formula is C22H28O5. The number of fused-ring (bicyclic) bond motifs is 1. The third kappa shape index (κ3) is 5.54. The molecule has 146 valence electrons. The second kappa shape index (κ2) is 10.1. The maximum absolute atomic E-state index is 12.8. The van der Waals surface area contributed by atoms with Crippen LogP contribution in [0.15, 0.2) is 42.5 Å². The fraction of sp³-hybridized carbons (Fsp3) is 0.455. The summed E-state index contributed by atoms with van der Waals surface area (Å²) in [5, 5.41) is 2.11. The highest BCUT2D eigenvalue weighted by molar-refractivity contribution is 5.85. The van der Waals surface area contributed by atoms with E-state index in [0.717, 1.165) is 29.2 Å². The molecule has 2 aromatic carbocycles. The first-order valence-corrected chi connectivity index (χ1v) is 9.28. The van der Waals surface area contributed by atoms with E-state index in [1.165, 1.54) is 14.2 Å². The summed E-state index contributed by atoms with van der Waals surface area (Å²) in [4.78, 5) is 24.5. The van der Waals surface area contributed by atoms with E-state index >= 15 is 0 Å².